The van der Waals surface area contributed by atoms with E-state index in [-0.39, 0.29) is 12.5 Å². The molecule has 2 aromatic rings. The molecule has 0 atom stereocenters. The predicted octanol–water partition coefficient (Wildman–Crippen LogP) is 1.16. The standard InChI is InChI=1S/C16H19N3O4/c1-11-14(9-18-19(11)2)16(22)17-8-7-12-3-5-13(6-4-12)23-10-15(20)21/h3-6,9H,7-8,10H2,1-2H3,(H,17,22)(H,20,21). The highest BCUT2D eigenvalue weighted by molar-refractivity contribution is 5.95. The first kappa shape index (κ1) is 16.5. The highest BCUT2D eigenvalue weighted by atomic mass is 16.5. The Bertz CT molecular complexity index is 692. The first-order chi connectivity index (χ1) is 11.0. The lowest BCUT2D eigenvalue weighted by Gasteiger charge is -2.07. The van der Waals surface area contributed by atoms with Gasteiger partial charge in [-0.25, -0.2) is 4.79 Å². The van der Waals surface area contributed by atoms with Crippen molar-refractivity contribution in [3.05, 3.63) is 47.3 Å². The first-order valence-electron chi connectivity index (χ1n) is 7.17. The Balaban J connectivity index is 1.81. The Morgan fingerprint density at radius 1 is 1.30 bits per heavy atom. The van der Waals surface area contributed by atoms with Crippen LogP contribution in [0.2, 0.25) is 0 Å². The lowest BCUT2D eigenvalue weighted by Crippen LogP contribution is -2.26. The molecular weight excluding hydrogens is 298 g/mol. The van der Waals surface area contributed by atoms with Crippen LogP contribution >= 0.6 is 0 Å². The number of hydrogen-bond acceptors (Lipinski definition) is 4. The number of aromatic nitrogens is 2. The molecule has 1 aromatic heterocycles. The number of amides is 1. The van der Waals surface area contributed by atoms with E-state index in [1.807, 2.05) is 19.1 Å². The molecule has 0 aliphatic carbocycles. The number of carbonyl (C=O) groups is 2. The van der Waals surface area contributed by atoms with Crippen molar-refractivity contribution in [1.29, 1.82) is 0 Å². The molecule has 0 aliphatic rings. The summed E-state index contributed by atoms with van der Waals surface area (Å²) in [7, 11) is 1.79. The van der Waals surface area contributed by atoms with Crippen LogP contribution in [-0.2, 0) is 18.3 Å². The molecule has 7 nitrogen and oxygen atoms in total. The molecule has 0 bridgehead atoms. The van der Waals surface area contributed by atoms with E-state index in [2.05, 4.69) is 10.4 Å². The molecule has 0 saturated carbocycles. The zero-order valence-corrected chi connectivity index (χ0v) is 13.1. The average molecular weight is 317 g/mol. The first-order valence-corrected chi connectivity index (χ1v) is 7.17. The van der Waals surface area contributed by atoms with Gasteiger partial charge in [0.2, 0.25) is 0 Å². The molecule has 0 saturated heterocycles. The highest BCUT2D eigenvalue weighted by Gasteiger charge is 2.11. The van der Waals surface area contributed by atoms with Crippen molar-refractivity contribution >= 4 is 11.9 Å². The normalized spacial score (nSPS) is 10.3. The van der Waals surface area contributed by atoms with E-state index in [1.54, 1.807) is 30.1 Å². The molecule has 7 heteroatoms. The minimum absolute atomic E-state index is 0.142. The van der Waals surface area contributed by atoms with Crippen LogP contribution in [0.15, 0.2) is 30.5 Å². The monoisotopic (exact) mass is 317 g/mol. The van der Waals surface area contributed by atoms with Gasteiger partial charge in [-0.1, -0.05) is 12.1 Å². The molecule has 1 aromatic carbocycles. The lowest BCUT2D eigenvalue weighted by atomic mass is 10.1. The summed E-state index contributed by atoms with van der Waals surface area (Å²) >= 11 is 0. The zero-order valence-electron chi connectivity index (χ0n) is 13.1. The summed E-state index contributed by atoms with van der Waals surface area (Å²) in [4.78, 5) is 22.4. The maximum atomic E-state index is 12.0. The topological polar surface area (TPSA) is 93.4 Å². The van der Waals surface area contributed by atoms with Gasteiger partial charge in [0.05, 0.1) is 11.8 Å². The van der Waals surface area contributed by atoms with Crippen LogP contribution in [0.4, 0.5) is 0 Å². The molecule has 2 N–H and O–H groups in total. The minimum Gasteiger partial charge on any atom is -0.482 e. The van der Waals surface area contributed by atoms with Crippen molar-refractivity contribution in [2.45, 2.75) is 13.3 Å². The van der Waals surface area contributed by atoms with Crippen LogP contribution in [0.3, 0.4) is 0 Å². The fourth-order valence-corrected chi connectivity index (χ4v) is 2.03. The quantitative estimate of drug-likeness (QED) is 0.799. The fraction of sp³-hybridized carbons (Fsp3) is 0.312. The van der Waals surface area contributed by atoms with Gasteiger partial charge in [-0.3, -0.25) is 9.48 Å². The molecule has 1 amide bonds. The second-order valence-electron chi connectivity index (χ2n) is 5.10. The Hall–Kier alpha value is -2.83. The fourth-order valence-electron chi connectivity index (χ4n) is 2.03. The van der Waals surface area contributed by atoms with Crippen molar-refractivity contribution in [3.8, 4) is 5.75 Å². The van der Waals surface area contributed by atoms with E-state index >= 15 is 0 Å². The molecule has 0 radical (unpaired) electrons. The second-order valence-corrected chi connectivity index (χ2v) is 5.10. The minimum atomic E-state index is -1.01. The van der Waals surface area contributed by atoms with Gasteiger partial charge in [-0.05, 0) is 31.0 Å². The highest BCUT2D eigenvalue weighted by Crippen LogP contribution is 2.12. The summed E-state index contributed by atoms with van der Waals surface area (Å²) in [6.07, 6.45) is 2.23. The largest absolute Gasteiger partial charge is 0.482 e. The third-order valence-electron chi connectivity index (χ3n) is 3.46. The number of benzene rings is 1. The lowest BCUT2D eigenvalue weighted by molar-refractivity contribution is -0.139. The van der Waals surface area contributed by atoms with Crippen molar-refractivity contribution in [2.75, 3.05) is 13.2 Å². The molecule has 2 rings (SSSR count). The van der Waals surface area contributed by atoms with E-state index < -0.39 is 5.97 Å². The smallest absolute Gasteiger partial charge is 0.341 e. The van der Waals surface area contributed by atoms with E-state index in [4.69, 9.17) is 9.84 Å². The number of carbonyl (C=O) groups excluding carboxylic acids is 1. The summed E-state index contributed by atoms with van der Waals surface area (Å²) in [5.41, 5.74) is 2.42. The van der Waals surface area contributed by atoms with Crippen LogP contribution in [0.25, 0.3) is 0 Å². The van der Waals surface area contributed by atoms with Gasteiger partial charge < -0.3 is 15.2 Å². The van der Waals surface area contributed by atoms with E-state index in [0.29, 0.717) is 24.3 Å². The molecule has 0 spiro atoms. The van der Waals surface area contributed by atoms with E-state index in [1.165, 1.54) is 0 Å². The van der Waals surface area contributed by atoms with E-state index in [9.17, 15) is 9.59 Å². The SMILES string of the molecule is Cc1c(C(=O)NCCc2ccc(OCC(=O)O)cc2)cnn1C. The Kier molecular flexibility index (Phi) is 5.35. The van der Waals surface area contributed by atoms with Crippen molar-refractivity contribution in [2.24, 2.45) is 7.05 Å². The Morgan fingerprint density at radius 3 is 2.57 bits per heavy atom. The summed E-state index contributed by atoms with van der Waals surface area (Å²) in [5.74, 6) is -0.648. The summed E-state index contributed by atoms with van der Waals surface area (Å²) in [6.45, 7) is 1.99. The van der Waals surface area contributed by atoms with Gasteiger partial charge in [0, 0.05) is 19.3 Å². The maximum Gasteiger partial charge on any atom is 0.341 e. The van der Waals surface area contributed by atoms with Gasteiger partial charge in [0.15, 0.2) is 6.61 Å². The van der Waals surface area contributed by atoms with Crippen molar-refractivity contribution in [1.82, 2.24) is 15.1 Å². The summed E-state index contributed by atoms with van der Waals surface area (Å²) < 4.78 is 6.72. The van der Waals surface area contributed by atoms with Gasteiger partial charge in [-0.15, -0.1) is 0 Å². The summed E-state index contributed by atoms with van der Waals surface area (Å²) in [5, 5.41) is 15.4. The number of ether oxygens (including phenoxy) is 1. The number of nitrogens with one attached hydrogen (secondary N) is 1. The number of rotatable bonds is 7. The van der Waals surface area contributed by atoms with Crippen LogP contribution in [0.5, 0.6) is 5.75 Å². The summed E-state index contributed by atoms with van der Waals surface area (Å²) in [6, 6.07) is 7.12. The molecule has 0 unspecified atom stereocenters. The Morgan fingerprint density at radius 2 is 2.00 bits per heavy atom. The van der Waals surface area contributed by atoms with Crippen molar-refractivity contribution < 1.29 is 19.4 Å². The molecule has 1 heterocycles. The molecular formula is C16H19N3O4. The molecule has 23 heavy (non-hydrogen) atoms. The van der Waals surface area contributed by atoms with Crippen LogP contribution in [-0.4, -0.2) is 39.9 Å². The number of aryl methyl sites for hydroxylation is 1. The maximum absolute atomic E-state index is 12.0. The van der Waals surface area contributed by atoms with Gasteiger partial charge in [0.25, 0.3) is 5.91 Å². The van der Waals surface area contributed by atoms with Crippen LogP contribution in [0, 0.1) is 6.92 Å². The van der Waals surface area contributed by atoms with Crippen molar-refractivity contribution in [3.63, 3.8) is 0 Å². The number of carboxylic acids is 1. The third-order valence-corrected chi connectivity index (χ3v) is 3.46. The predicted molar refractivity (Wildman–Crippen MR) is 83.6 cm³/mol. The third kappa shape index (κ3) is 4.57. The number of aliphatic carboxylic acids is 1. The van der Waals surface area contributed by atoms with Gasteiger partial charge in [0.1, 0.15) is 5.75 Å². The number of hydrogen-bond donors (Lipinski definition) is 2. The molecule has 0 fully saturated rings. The zero-order chi connectivity index (χ0) is 16.8. The van der Waals surface area contributed by atoms with Gasteiger partial charge >= 0.3 is 5.97 Å². The van der Waals surface area contributed by atoms with Crippen LogP contribution < -0.4 is 10.1 Å². The average Bonchev–Trinajstić information content (AvgIpc) is 2.86. The molecule has 0 aliphatic heterocycles. The Labute approximate surface area is 133 Å². The number of carboxylic acid groups (broad SMARTS) is 1. The second kappa shape index (κ2) is 7.44. The number of nitrogens with zero attached hydrogens (tertiary/aromatic N) is 2. The van der Waals surface area contributed by atoms with Crippen LogP contribution in [0.1, 0.15) is 21.6 Å². The van der Waals surface area contributed by atoms with Gasteiger partial charge in [-0.2, -0.15) is 5.10 Å². The van der Waals surface area contributed by atoms with E-state index in [0.717, 1.165) is 11.3 Å². The molecule has 122 valence electrons.